The maximum absolute atomic E-state index is 10.5. The minimum absolute atomic E-state index is 0.0278. The van der Waals surface area contributed by atoms with Crippen molar-refractivity contribution in [2.75, 3.05) is 0 Å². The first-order valence-electron chi connectivity index (χ1n) is 4.43. The molecule has 0 saturated heterocycles. The van der Waals surface area contributed by atoms with E-state index >= 15 is 0 Å². The lowest BCUT2D eigenvalue weighted by atomic mass is 10.3. The van der Waals surface area contributed by atoms with E-state index in [0.717, 1.165) is 11.3 Å². The molecule has 88 valence electrons. The van der Waals surface area contributed by atoms with Crippen LogP contribution in [-0.2, 0) is 0 Å². The molecule has 0 atom stereocenters. The molecule has 1 aromatic heterocycles. The maximum atomic E-state index is 10.5. The molecule has 0 spiro atoms. The minimum Gasteiger partial charge on any atom is -0.446 e. The van der Waals surface area contributed by atoms with Crippen LogP contribution in [0.5, 0.6) is 10.8 Å². The third-order valence-corrected chi connectivity index (χ3v) is 3.51. The molecule has 0 radical (unpaired) electrons. The van der Waals surface area contributed by atoms with E-state index in [2.05, 4.69) is 0 Å². The fraction of sp³-hybridized carbons (Fsp3) is 0. The Kier molecular flexibility index (Phi) is 3.51. The normalized spacial score (nSPS) is 10.2. The van der Waals surface area contributed by atoms with Crippen molar-refractivity contribution in [2.45, 2.75) is 0 Å². The molecule has 0 aliphatic carbocycles. The maximum Gasteiger partial charge on any atom is 0.327 e. The first kappa shape index (κ1) is 12.2. The van der Waals surface area contributed by atoms with Gasteiger partial charge in [-0.3, -0.25) is 10.1 Å². The monoisotopic (exact) mass is 289 g/mol. The fourth-order valence-corrected chi connectivity index (χ4v) is 2.10. The van der Waals surface area contributed by atoms with Gasteiger partial charge in [-0.25, -0.2) is 0 Å². The summed E-state index contributed by atoms with van der Waals surface area (Å²) in [5.41, 5.74) is 0. The van der Waals surface area contributed by atoms with Crippen LogP contribution >= 0.6 is 34.5 Å². The third kappa shape index (κ3) is 2.88. The van der Waals surface area contributed by atoms with E-state index in [4.69, 9.17) is 27.9 Å². The largest absolute Gasteiger partial charge is 0.446 e. The lowest BCUT2D eigenvalue weighted by Gasteiger charge is -2.03. The van der Waals surface area contributed by atoms with Crippen LogP contribution in [0.1, 0.15) is 0 Å². The number of nitrogens with zero attached hydrogens (tertiary/aromatic N) is 1. The second-order valence-corrected chi connectivity index (χ2v) is 4.87. The summed E-state index contributed by atoms with van der Waals surface area (Å²) >= 11 is 12.5. The Balaban J connectivity index is 2.19. The Morgan fingerprint density at radius 1 is 1.18 bits per heavy atom. The van der Waals surface area contributed by atoms with Gasteiger partial charge >= 0.3 is 5.00 Å². The van der Waals surface area contributed by atoms with Gasteiger partial charge in [0.05, 0.1) is 15.0 Å². The van der Waals surface area contributed by atoms with E-state index in [-0.39, 0.29) is 5.00 Å². The summed E-state index contributed by atoms with van der Waals surface area (Å²) in [6, 6.07) is 7.71. The number of thiophene rings is 1. The molecule has 0 saturated carbocycles. The predicted molar refractivity (Wildman–Crippen MR) is 67.5 cm³/mol. The number of hydrogen-bond acceptors (Lipinski definition) is 4. The average Bonchev–Trinajstić information content (AvgIpc) is 2.72. The minimum atomic E-state index is -0.466. The molecule has 0 aliphatic rings. The molecule has 0 aliphatic heterocycles. The summed E-state index contributed by atoms with van der Waals surface area (Å²) in [6.45, 7) is 0. The molecule has 2 rings (SSSR count). The van der Waals surface area contributed by atoms with Gasteiger partial charge in [0.1, 0.15) is 5.75 Å². The van der Waals surface area contributed by atoms with Crippen LogP contribution in [0.15, 0.2) is 30.3 Å². The van der Waals surface area contributed by atoms with E-state index in [1.54, 1.807) is 18.2 Å². The zero-order valence-corrected chi connectivity index (χ0v) is 10.6. The molecular weight excluding hydrogens is 285 g/mol. The molecular formula is C10H5Cl2NO3S. The Morgan fingerprint density at radius 2 is 1.94 bits per heavy atom. The number of ether oxygens (including phenoxy) is 1. The molecule has 7 heteroatoms. The fourth-order valence-electron chi connectivity index (χ4n) is 1.12. The van der Waals surface area contributed by atoms with Gasteiger partial charge < -0.3 is 4.74 Å². The second-order valence-electron chi connectivity index (χ2n) is 3.03. The van der Waals surface area contributed by atoms with E-state index in [1.165, 1.54) is 12.1 Å². The van der Waals surface area contributed by atoms with Gasteiger partial charge in [-0.2, -0.15) is 0 Å². The van der Waals surface area contributed by atoms with Gasteiger partial charge in [0, 0.05) is 12.1 Å². The van der Waals surface area contributed by atoms with Crippen molar-refractivity contribution in [2.24, 2.45) is 0 Å². The molecule has 0 N–H and O–H groups in total. The summed E-state index contributed by atoms with van der Waals surface area (Å²) in [5.74, 6) is 0.483. The van der Waals surface area contributed by atoms with E-state index in [0.29, 0.717) is 20.9 Å². The van der Waals surface area contributed by atoms with Gasteiger partial charge in [0.15, 0.2) is 5.06 Å². The van der Waals surface area contributed by atoms with Gasteiger partial charge in [0.2, 0.25) is 0 Å². The molecule has 1 heterocycles. The average molecular weight is 290 g/mol. The SMILES string of the molecule is O=[N+]([O-])c1ccc(Oc2ccc(Cl)c(Cl)c2)s1. The van der Waals surface area contributed by atoms with Crippen LogP contribution in [0.3, 0.4) is 0 Å². The van der Waals surface area contributed by atoms with Crippen LogP contribution in [0.2, 0.25) is 10.0 Å². The molecule has 0 unspecified atom stereocenters. The van der Waals surface area contributed by atoms with Gasteiger partial charge in [-0.1, -0.05) is 23.2 Å². The summed E-state index contributed by atoms with van der Waals surface area (Å²) in [7, 11) is 0. The van der Waals surface area contributed by atoms with Crippen molar-refractivity contribution in [3.8, 4) is 10.8 Å². The van der Waals surface area contributed by atoms with Gasteiger partial charge in [0.25, 0.3) is 0 Å². The van der Waals surface area contributed by atoms with Crippen LogP contribution in [0.25, 0.3) is 0 Å². The number of benzene rings is 1. The summed E-state index contributed by atoms with van der Waals surface area (Å²) in [6.07, 6.45) is 0. The van der Waals surface area contributed by atoms with Crippen LogP contribution in [0, 0.1) is 10.1 Å². The zero-order chi connectivity index (χ0) is 12.4. The van der Waals surface area contributed by atoms with E-state index < -0.39 is 4.92 Å². The van der Waals surface area contributed by atoms with Crippen molar-refractivity contribution >= 4 is 39.5 Å². The van der Waals surface area contributed by atoms with Crippen molar-refractivity contribution in [3.63, 3.8) is 0 Å². The highest BCUT2D eigenvalue weighted by molar-refractivity contribution is 7.17. The highest BCUT2D eigenvalue weighted by Crippen LogP contribution is 2.35. The lowest BCUT2D eigenvalue weighted by Crippen LogP contribution is -1.81. The van der Waals surface area contributed by atoms with E-state index in [9.17, 15) is 10.1 Å². The quantitative estimate of drug-likeness (QED) is 0.605. The molecule has 2 aromatic rings. The molecule has 0 fully saturated rings. The van der Waals surface area contributed by atoms with Gasteiger partial charge in [-0.15, -0.1) is 0 Å². The van der Waals surface area contributed by atoms with Crippen molar-refractivity contribution in [1.82, 2.24) is 0 Å². The van der Waals surface area contributed by atoms with Crippen LogP contribution in [-0.4, -0.2) is 4.92 Å². The highest BCUT2D eigenvalue weighted by atomic mass is 35.5. The first-order chi connectivity index (χ1) is 8.06. The third-order valence-electron chi connectivity index (χ3n) is 1.86. The van der Waals surface area contributed by atoms with E-state index in [1.807, 2.05) is 0 Å². The molecule has 1 aromatic carbocycles. The Labute approximate surface area is 111 Å². The standard InChI is InChI=1S/C10H5Cl2NO3S/c11-7-2-1-6(5-8(7)12)16-10-4-3-9(17-10)13(14)15/h1-5H. The van der Waals surface area contributed by atoms with Crippen molar-refractivity contribution < 1.29 is 9.66 Å². The molecule has 0 amide bonds. The highest BCUT2D eigenvalue weighted by Gasteiger charge is 2.11. The zero-order valence-electron chi connectivity index (χ0n) is 8.22. The Morgan fingerprint density at radius 3 is 2.53 bits per heavy atom. The second kappa shape index (κ2) is 4.91. The van der Waals surface area contributed by atoms with Crippen LogP contribution in [0.4, 0.5) is 5.00 Å². The lowest BCUT2D eigenvalue weighted by molar-refractivity contribution is -0.380. The number of halogens is 2. The molecule has 17 heavy (non-hydrogen) atoms. The Bertz CT molecular complexity index is 570. The topological polar surface area (TPSA) is 52.4 Å². The van der Waals surface area contributed by atoms with Crippen molar-refractivity contribution in [1.29, 1.82) is 0 Å². The predicted octanol–water partition coefficient (Wildman–Crippen LogP) is 4.76. The summed E-state index contributed by atoms with van der Waals surface area (Å²) in [5, 5.41) is 11.7. The number of nitro groups is 1. The van der Waals surface area contributed by atoms with Crippen molar-refractivity contribution in [3.05, 3.63) is 50.5 Å². The molecule has 4 nitrogen and oxygen atoms in total. The Hall–Kier alpha value is -1.30. The first-order valence-corrected chi connectivity index (χ1v) is 6.00. The van der Waals surface area contributed by atoms with Gasteiger partial charge in [-0.05, 0) is 29.5 Å². The smallest absolute Gasteiger partial charge is 0.327 e. The summed E-state index contributed by atoms with van der Waals surface area (Å²) in [4.78, 5) is 10.0. The summed E-state index contributed by atoms with van der Waals surface area (Å²) < 4.78 is 5.42. The number of rotatable bonds is 3. The number of hydrogen-bond donors (Lipinski definition) is 0. The molecule has 0 bridgehead atoms. The van der Waals surface area contributed by atoms with Crippen LogP contribution < -0.4 is 4.74 Å².